The molecule has 0 saturated carbocycles. The largest absolute Gasteiger partial charge is 0.465 e. The van der Waals surface area contributed by atoms with E-state index in [4.69, 9.17) is 5.11 Å². The van der Waals surface area contributed by atoms with Crippen molar-refractivity contribution >= 4 is 40.2 Å². The predicted octanol–water partition coefficient (Wildman–Crippen LogP) is 3.31. The van der Waals surface area contributed by atoms with E-state index in [0.717, 1.165) is 35.2 Å². The number of anilines is 3. The van der Waals surface area contributed by atoms with Crippen LogP contribution in [0.3, 0.4) is 0 Å². The van der Waals surface area contributed by atoms with Gasteiger partial charge >= 0.3 is 6.09 Å². The van der Waals surface area contributed by atoms with Crippen molar-refractivity contribution in [3.63, 3.8) is 0 Å². The van der Waals surface area contributed by atoms with Crippen LogP contribution in [-0.4, -0.2) is 51.2 Å². The fraction of sp³-hybridized carbons (Fsp3) is 0.348. The molecule has 3 heterocycles. The first kappa shape index (κ1) is 22.3. The Morgan fingerprint density at radius 3 is 2.82 bits per heavy atom. The smallest absolute Gasteiger partial charge is 0.409 e. The number of rotatable bonds is 6. The minimum absolute atomic E-state index is 0.0275. The number of nitrogens with one attached hydrogen (secondary N) is 3. The molecule has 1 fully saturated rings. The zero-order valence-electron chi connectivity index (χ0n) is 18.8. The molecular weight excluding hydrogens is 422 g/mol. The zero-order valence-corrected chi connectivity index (χ0v) is 18.8. The van der Waals surface area contributed by atoms with E-state index in [-0.39, 0.29) is 18.0 Å². The van der Waals surface area contributed by atoms with Crippen molar-refractivity contribution in [2.45, 2.75) is 39.3 Å². The Bertz CT molecular complexity index is 1200. The molecule has 1 aliphatic rings. The number of aryl methyl sites for hydroxylation is 1. The molecule has 4 N–H and O–H groups in total. The van der Waals surface area contributed by atoms with Crippen LogP contribution < -0.4 is 20.9 Å². The summed E-state index contributed by atoms with van der Waals surface area (Å²) in [6.07, 6.45) is 1.51. The van der Waals surface area contributed by atoms with Crippen LogP contribution in [0.2, 0.25) is 0 Å². The van der Waals surface area contributed by atoms with E-state index in [1.807, 2.05) is 32.0 Å². The van der Waals surface area contributed by atoms with Gasteiger partial charge in [0.15, 0.2) is 0 Å². The third-order valence-corrected chi connectivity index (χ3v) is 5.59. The molecule has 1 aromatic carbocycles. The number of aromatic nitrogens is 3. The van der Waals surface area contributed by atoms with E-state index in [0.29, 0.717) is 23.9 Å². The van der Waals surface area contributed by atoms with Gasteiger partial charge in [-0.3, -0.25) is 10.1 Å². The summed E-state index contributed by atoms with van der Waals surface area (Å²) in [5.74, 6) is 2.09. The lowest BCUT2D eigenvalue weighted by Crippen LogP contribution is -2.35. The summed E-state index contributed by atoms with van der Waals surface area (Å²) in [6, 6.07) is 9.19. The summed E-state index contributed by atoms with van der Waals surface area (Å²) < 4.78 is 0. The molecule has 4 rings (SSSR count). The summed E-state index contributed by atoms with van der Waals surface area (Å²) >= 11 is 0. The van der Waals surface area contributed by atoms with E-state index < -0.39 is 6.09 Å². The fourth-order valence-corrected chi connectivity index (χ4v) is 4.09. The van der Waals surface area contributed by atoms with Crippen LogP contribution in [0.1, 0.15) is 37.7 Å². The Labute approximate surface area is 191 Å². The highest BCUT2D eigenvalue weighted by Gasteiger charge is 2.24. The van der Waals surface area contributed by atoms with E-state index in [9.17, 15) is 9.59 Å². The van der Waals surface area contributed by atoms with Crippen LogP contribution in [0.4, 0.5) is 22.1 Å². The molecule has 0 spiro atoms. The number of benzene rings is 1. The molecule has 2 aromatic heterocycles. The first-order valence-electron chi connectivity index (χ1n) is 10.8. The lowest BCUT2D eigenvalue weighted by Gasteiger charge is -2.20. The number of nitrogens with zero attached hydrogens (tertiary/aromatic N) is 4. The first-order chi connectivity index (χ1) is 15.8. The summed E-state index contributed by atoms with van der Waals surface area (Å²) in [7, 11) is 0. The predicted molar refractivity (Wildman–Crippen MR) is 127 cm³/mol. The first-order valence-corrected chi connectivity index (χ1v) is 10.8. The number of fused-ring (bicyclic) bond motifs is 1. The van der Waals surface area contributed by atoms with E-state index in [1.54, 1.807) is 18.3 Å². The maximum absolute atomic E-state index is 11.4. The van der Waals surface area contributed by atoms with Gasteiger partial charge in [-0.05, 0) is 44.0 Å². The molecule has 0 unspecified atom stereocenters. The molecule has 172 valence electrons. The van der Waals surface area contributed by atoms with Crippen molar-refractivity contribution < 1.29 is 14.7 Å². The van der Waals surface area contributed by atoms with Crippen molar-refractivity contribution in [2.24, 2.45) is 0 Å². The number of carbonyl (C=O) groups is 2. The van der Waals surface area contributed by atoms with Crippen molar-refractivity contribution in [3.8, 4) is 0 Å². The zero-order chi connectivity index (χ0) is 23.5. The van der Waals surface area contributed by atoms with Gasteiger partial charge in [0.2, 0.25) is 5.91 Å². The summed E-state index contributed by atoms with van der Waals surface area (Å²) in [5, 5.41) is 18.6. The van der Waals surface area contributed by atoms with Crippen molar-refractivity contribution in [2.75, 3.05) is 28.6 Å². The summed E-state index contributed by atoms with van der Waals surface area (Å²) in [6.45, 7) is 6.86. The Balaban J connectivity index is 1.60. The van der Waals surface area contributed by atoms with Gasteiger partial charge in [0.25, 0.3) is 0 Å². The highest BCUT2D eigenvalue weighted by Crippen LogP contribution is 2.29. The van der Waals surface area contributed by atoms with Gasteiger partial charge < -0.3 is 20.6 Å². The van der Waals surface area contributed by atoms with Gasteiger partial charge in [-0.2, -0.15) is 0 Å². The lowest BCUT2D eigenvalue weighted by molar-refractivity contribution is -0.119. The number of carbonyl (C=O) groups excluding carboxylic acids is 1. The molecule has 10 nitrogen and oxygen atoms in total. The molecule has 2 atom stereocenters. The monoisotopic (exact) mass is 449 g/mol. The average Bonchev–Trinajstić information content (AvgIpc) is 3.21. The third-order valence-electron chi connectivity index (χ3n) is 5.59. The van der Waals surface area contributed by atoms with E-state index in [1.165, 1.54) is 6.92 Å². The maximum atomic E-state index is 11.4. The topological polar surface area (TPSA) is 132 Å². The van der Waals surface area contributed by atoms with Gasteiger partial charge in [-0.1, -0.05) is 12.1 Å². The lowest BCUT2D eigenvalue weighted by atomic mass is 10.1. The Morgan fingerprint density at radius 1 is 1.24 bits per heavy atom. The number of hydrogen-bond donors (Lipinski definition) is 4. The van der Waals surface area contributed by atoms with Crippen LogP contribution in [0.5, 0.6) is 0 Å². The van der Waals surface area contributed by atoms with Crippen LogP contribution in [0.25, 0.3) is 10.9 Å². The molecule has 1 aliphatic heterocycles. The SMILES string of the molecule is CC(=O)N[C@@H]1CCN(c2cc3c(N[C@H](C)c4cccc(NC(=O)O)c4)nc(C)nc3cn2)C1. The second-order valence-corrected chi connectivity index (χ2v) is 8.23. The summed E-state index contributed by atoms with van der Waals surface area (Å²) in [5.41, 5.74) is 2.16. The standard InChI is InChI=1S/C23H27N7O3/c1-13(16-5-4-6-17(9-16)29-23(32)33)25-22-19-10-21(24-11-20(19)26-14(2)27-22)30-8-7-18(12-30)28-15(3)31/h4-6,9-11,13,18,29H,7-8,12H2,1-3H3,(H,28,31)(H,32,33)(H,25,26,27)/t13-,18-/m1/s1. The number of amides is 2. The highest BCUT2D eigenvalue weighted by molar-refractivity contribution is 5.90. The second-order valence-electron chi connectivity index (χ2n) is 8.23. The maximum Gasteiger partial charge on any atom is 0.409 e. The van der Waals surface area contributed by atoms with Crippen LogP contribution in [0.15, 0.2) is 36.5 Å². The van der Waals surface area contributed by atoms with Gasteiger partial charge in [-0.25, -0.2) is 19.7 Å². The van der Waals surface area contributed by atoms with Crippen molar-refractivity contribution in [1.82, 2.24) is 20.3 Å². The van der Waals surface area contributed by atoms with Crippen LogP contribution >= 0.6 is 0 Å². The van der Waals surface area contributed by atoms with Crippen molar-refractivity contribution in [3.05, 3.63) is 47.9 Å². The Hall–Kier alpha value is -3.95. The Kier molecular flexibility index (Phi) is 6.25. The second kappa shape index (κ2) is 9.27. The minimum Gasteiger partial charge on any atom is -0.465 e. The molecule has 0 aliphatic carbocycles. The normalized spacial score (nSPS) is 16.5. The molecule has 2 amide bonds. The molecule has 0 radical (unpaired) electrons. The molecule has 0 bridgehead atoms. The van der Waals surface area contributed by atoms with E-state index in [2.05, 4.69) is 35.8 Å². The van der Waals surface area contributed by atoms with Gasteiger partial charge in [0, 0.05) is 37.1 Å². The number of carboxylic acid groups (broad SMARTS) is 1. The van der Waals surface area contributed by atoms with Gasteiger partial charge in [-0.15, -0.1) is 0 Å². The fourth-order valence-electron chi connectivity index (χ4n) is 4.09. The van der Waals surface area contributed by atoms with Crippen molar-refractivity contribution in [1.29, 1.82) is 0 Å². The number of pyridine rings is 1. The third kappa shape index (κ3) is 5.28. The molecular formula is C23H27N7O3. The Morgan fingerprint density at radius 2 is 2.06 bits per heavy atom. The van der Waals surface area contributed by atoms with Crippen LogP contribution in [0, 0.1) is 6.92 Å². The van der Waals surface area contributed by atoms with Gasteiger partial charge in [0.1, 0.15) is 17.5 Å². The molecule has 33 heavy (non-hydrogen) atoms. The summed E-state index contributed by atoms with van der Waals surface area (Å²) in [4.78, 5) is 38.2. The molecule has 10 heteroatoms. The number of hydrogen-bond acceptors (Lipinski definition) is 7. The van der Waals surface area contributed by atoms with E-state index >= 15 is 0 Å². The quantitative estimate of drug-likeness (QED) is 0.451. The highest BCUT2D eigenvalue weighted by atomic mass is 16.4. The van der Waals surface area contributed by atoms with Gasteiger partial charge in [0.05, 0.1) is 17.8 Å². The van der Waals surface area contributed by atoms with Crippen LogP contribution in [-0.2, 0) is 4.79 Å². The minimum atomic E-state index is -1.10. The average molecular weight is 450 g/mol. The molecule has 1 saturated heterocycles. The molecule has 3 aromatic rings.